The predicted octanol–water partition coefficient (Wildman–Crippen LogP) is 2.34. The number of fused-ring (bicyclic) bond motifs is 1. The smallest absolute Gasteiger partial charge is 0.166 e. The van der Waals surface area contributed by atoms with Gasteiger partial charge in [0.15, 0.2) is 11.6 Å². The molecule has 0 saturated carbocycles. The molecule has 0 atom stereocenters. The van der Waals surface area contributed by atoms with Crippen LogP contribution in [0.15, 0.2) is 12.4 Å². The predicted molar refractivity (Wildman–Crippen MR) is 75.4 cm³/mol. The molecule has 0 fully saturated rings. The fourth-order valence-corrected chi connectivity index (χ4v) is 2.78. The molecule has 5 heteroatoms. The van der Waals surface area contributed by atoms with Crippen LogP contribution in [0.1, 0.15) is 42.0 Å². The van der Waals surface area contributed by atoms with Gasteiger partial charge in [0.2, 0.25) is 0 Å². The monoisotopic (exact) mass is 270 g/mol. The summed E-state index contributed by atoms with van der Waals surface area (Å²) >= 11 is 0. The first kappa shape index (κ1) is 13.0. The van der Waals surface area contributed by atoms with Gasteiger partial charge in [-0.05, 0) is 18.8 Å². The van der Waals surface area contributed by atoms with Crippen LogP contribution in [0.2, 0.25) is 0 Å². The Labute approximate surface area is 118 Å². The largest absolute Gasteiger partial charge is 0.294 e. The van der Waals surface area contributed by atoms with Crippen LogP contribution in [0.4, 0.5) is 0 Å². The van der Waals surface area contributed by atoms with E-state index >= 15 is 0 Å². The molecule has 0 spiro atoms. The van der Waals surface area contributed by atoms with Crippen molar-refractivity contribution < 1.29 is 4.79 Å². The molecule has 0 aromatic carbocycles. The van der Waals surface area contributed by atoms with E-state index in [1.165, 1.54) is 0 Å². The Morgan fingerprint density at radius 2 is 2.00 bits per heavy atom. The van der Waals surface area contributed by atoms with E-state index in [0.29, 0.717) is 17.8 Å². The summed E-state index contributed by atoms with van der Waals surface area (Å²) in [7, 11) is 1.88. The minimum absolute atomic E-state index is 0.0281. The summed E-state index contributed by atoms with van der Waals surface area (Å²) in [5.74, 6) is 0.797. The summed E-state index contributed by atoms with van der Waals surface area (Å²) in [5, 5.41) is 4.31. The SMILES string of the molecule is Cc1nn(C)cc1-c1ncc2c(n1)CC(C)(C)CC2=O. The Hall–Kier alpha value is -2.04. The van der Waals surface area contributed by atoms with Gasteiger partial charge in [-0.3, -0.25) is 9.48 Å². The molecule has 0 saturated heterocycles. The Balaban J connectivity index is 2.10. The van der Waals surface area contributed by atoms with Crippen LogP contribution in [0, 0.1) is 12.3 Å². The van der Waals surface area contributed by atoms with Crippen molar-refractivity contribution in [2.45, 2.75) is 33.6 Å². The molecular weight excluding hydrogens is 252 g/mol. The lowest BCUT2D eigenvalue weighted by atomic mass is 9.76. The topological polar surface area (TPSA) is 60.7 Å². The zero-order valence-electron chi connectivity index (χ0n) is 12.3. The van der Waals surface area contributed by atoms with Gasteiger partial charge in [0.05, 0.1) is 22.5 Å². The van der Waals surface area contributed by atoms with Crippen molar-refractivity contribution in [3.05, 3.63) is 29.3 Å². The first-order valence-corrected chi connectivity index (χ1v) is 6.75. The number of nitrogens with zero attached hydrogens (tertiary/aromatic N) is 4. The molecule has 0 radical (unpaired) electrons. The number of ketones is 1. The van der Waals surface area contributed by atoms with E-state index in [9.17, 15) is 4.79 Å². The molecule has 0 N–H and O–H groups in total. The van der Waals surface area contributed by atoms with Crippen LogP contribution in [0.5, 0.6) is 0 Å². The van der Waals surface area contributed by atoms with Crippen molar-refractivity contribution >= 4 is 5.78 Å². The molecular formula is C15H18N4O. The lowest BCUT2D eigenvalue weighted by molar-refractivity contribution is 0.0910. The first-order valence-electron chi connectivity index (χ1n) is 6.75. The molecule has 1 aliphatic rings. The first-order chi connectivity index (χ1) is 9.35. The summed E-state index contributed by atoms with van der Waals surface area (Å²) in [6, 6.07) is 0. The molecule has 0 amide bonds. The number of hydrogen-bond acceptors (Lipinski definition) is 4. The number of Topliss-reactive ketones (excluding diaryl/α,β-unsaturated/α-hetero) is 1. The quantitative estimate of drug-likeness (QED) is 0.798. The van der Waals surface area contributed by atoms with Crippen LogP contribution in [-0.2, 0) is 13.5 Å². The van der Waals surface area contributed by atoms with Gasteiger partial charge in [-0.2, -0.15) is 5.10 Å². The van der Waals surface area contributed by atoms with Crippen LogP contribution < -0.4 is 0 Å². The molecule has 1 aliphatic carbocycles. The molecule has 3 rings (SSSR count). The van der Waals surface area contributed by atoms with E-state index in [0.717, 1.165) is 23.4 Å². The van der Waals surface area contributed by atoms with Crippen LogP contribution in [0.25, 0.3) is 11.4 Å². The second-order valence-electron chi connectivity index (χ2n) is 6.30. The average molecular weight is 270 g/mol. The van der Waals surface area contributed by atoms with Crippen molar-refractivity contribution in [2.75, 3.05) is 0 Å². The molecule has 0 bridgehead atoms. The van der Waals surface area contributed by atoms with Gasteiger partial charge in [0, 0.05) is 25.9 Å². The van der Waals surface area contributed by atoms with Crippen molar-refractivity contribution in [1.82, 2.24) is 19.7 Å². The maximum Gasteiger partial charge on any atom is 0.166 e. The van der Waals surface area contributed by atoms with E-state index in [1.54, 1.807) is 10.9 Å². The highest BCUT2D eigenvalue weighted by Crippen LogP contribution is 2.34. The van der Waals surface area contributed by atoms with Crippen molar-refractivity contribution in [3.8, 4) is 11.4 Å². The Kier molecular flexibility index (Phi) is 2.74. The van der Waals surface area contributed by atoms with Crippen LogP contribution >= 0.6 is 0 Å². The summed E-state index contributed by atoms with van der Waals surface area (Å²) in [6.07, 6.45) is 4.95. The normalized spacial score (nSPS) is 17.1. The number of aromatic nitrogens is 4. The lowest BCUT2D eigenvalue weighted by Crippen LogP contribution is -2.28. The third-order valence-corrected chi connectivity index (χ3v) is 3.71. The van der Waals surface area contributed by atoms with E-state index in [1.807, 2.05) is 20.2 Å². The zero-order chi connectivity index (χ0) is 14.5. The van der Waals surface area contributed by atoms with Crippen molar-refractivity contribution in [3.63, 3.8) is 0 Å². The summed E-state index contributed by atoms with van der Waals surface area (Å²) in [6.45, 7) is 6.14. The van der Waals surface area contributed by atoms with Gasteiger partial charge >= 0.3 is 0 Å². The standard InChI is InChI=1S/C15H18N4O/c1-9-11(8-19(4)18-9)14-16-7-10-12(17-14)5-15(2,3)6-13(10)20/h7-8H,5-6H2,1-4H3. The molecule has 2 aromatic rings. The number of carbonyl (C=O) groups is 1. The highest BCUT2D eigenvalue weighted by atomic mass is 16.1. The number of hydrogen-bond donors (Lipinski definition) is 0. The second kappa shape index (κ2) is 4.23. The Bertz CT molecular complexity index is 700. The fraction of sp³-hybridized carbons (Fsp3) is 0.467. The van der Waals surface area contributed by atoms with E-state index < -0.39 is 0 Å². The molecule has 104 valence electrons. The summed E-state index contributed by atoms with van der Waals surface area (Å²) in [4.78, 5) is 21.1. The molecule has 5 nitrogen and oxygen atoms in total. The van der Waals surface area contributed by atoms with Crippen molar-refractivity contribution in [1.29, 1.82) is 0 Å². The Morgan fingerprint density at radius 3 is 2.65 bits per heavy atom. The van der Waals surface area contributed by atoms with E-state index in [2.05, 4.69) is 28.9 Å². The van der Waals surface area contributed by atoms with Gasteiger partial charge in [-0.25, -0.2) is 9.97 Å². The fourth-order valence-electron chi connectivity index (χ4n) is 2.78. The lowest BCUT2D eigenvalue weighted by Gasteiger charge is -2.29. The molecule has 20 heavy (non-hydrogen) atoms. The molecule has 2 aromatic heterocycles. The minimum atomic E-state index is -0.0281. The van der Waals surface area contributed by atoms with Crippen LogP contribution in [-0.4, -0.2) is 25.5 Å². The Morgan fingerprint density at radius 1 is 1.25 bits per heavy atom. The van der Waals surface area contributed by atoms with Crippen molar-refractivity contribution in [2.24, 2.45) is 12.5 Å². The summed E-state index contributed by atoms with van der Waals surface area (Å²) in [5.41, 5.74) is 3.33. The van der Waals surface area contributed by atoms with Gasteiger partial charge in [0.1, 0.15) is 0 Å². The van der Waals surface area contributed by atoms with Crippen LogP contribution in [0.3, 0.4) is 0 Å². The van der Waals surface area contributed by atoms with Gasteiger partial charge in [-0.1, -0.05) is 13.8 Å². The molecule has 0 unspecified atom stereocenters. The second-order valence-corrected chi connectivity index (χ2v) is 6.30. The third-order valence-electron chi connectivity index (χ3n) is 3.71. The van der Waals surface area contributed by atoms with Gasteiger partial charge in [0.25, 0.3) is 0 Å². The average Bonchev–Trinajstić information content (AvgIpc) is 2.66. The van der Waals surface area contributed by atoms with Gasteiger partial charge in [-0.15, -0.1) is 0 Å². The number of carbonyl (C=O) groups excluding carboxylic acids is 1. The number of aryl methyl sites for hydroxylation is 2. The zero-order valence-corrected chi connectivity index (χ0v) is 12.3. The maximum atomic E-state index is 12.1. The molecule has 2 heterocycles. The summed E-state index contributed by atoms with van der Waals surface area (Å²) < 4.78 is 1.75. The number of rotatable bonds is 1. The maximum absolute atomic E-state index is 12.1. The minimum Gasteiger partial charge on any atom is -0.294 e. The highest BCUT2D eigenvalue weighted by Gasteiger charge is 2.32. The third kappa shape index (κ3) is 2.13. The van der Waals surface area contributed by atoms with E-state index in [4.69, 9.17) is 0 Å². The van der Waals surface area contributed by atoms with Gasteiger partial charge < -0.3 is 0 Å². The highest BCUT2D eigenvalue weighted by molar-refractivity contribution is 5.98. The van der Waals surface area contributed by atoms with E-state index in [-0.39, 0.29) is 11.2 Å². The molecule has 0 aliphatic heterocycles.